The van der Waals surface area contributed by atoms with Gasteiger partial charge < -0.3 is 16.4 Å². The van der Waals surface area contributed by atoms with Gasteiger partial charge in [0.05, 0.1) is 28.9 Å². The summed E-state index contributed by atoms with van der Waals surface area (Å²) in [5.74, 6) is -1.31. The molecule has 172 valence electrons. The van der Waals surface area contributed by atoms with Crippen LogP contribution in [0.25, 0.3) is 10.8 Å². The Balaban J connectivity index is 1.58. The van der Waals surface area contributed by atoms with Crippen LogP contribution < -0.4 is 16.4 Å². The first-order valence-electron chi connectivity index (χ1n) is 10.2. The summed E-state index contributed by atoms with van der Waals surface area (Å²) in [6.07, 6.45) is -4.08. The minimum atomic E-state index is -4.72. The first-order chi connectivity index (χ1) is 16.2. The van der Waals surface area contributed by atoms with Gasteiger partial charge in [0.25, 0.3) is 5.91 Å². The quantitative estimate of drug-likeness (QED) is 0.362. The summed E-state index contributed by atoms with van der Waals surface area (Å²) >= 11 is 0. The van der Waals surface area contributed by atoms with E-state index in [0.717, 1.165) is 22.4 Å². The van der Waals surface area contributed by atoms with Crippen molar-refractivity contribution in [3.8, 4) is 0 Å². The second kappa shape index (κ2) is 9.22. The van der Waals surface area contributed by atoms with Gasteiger partial charge in [-0.05, 0) is 28.5 Å². The Hall–Kier alpha value is -4.40. The Morgan fingerprint density at radius 2 is 1.59 bits per heavy atom. The van der Waals surface area contributed by atoms with E-state index in [2.05, 4.69) is 15.6 Å². The number of benzene rings is 3. The minimum Gasteiger partial charge on any atom is -0.366 e. The Morgan fingerprint density at radius 3 is 2.32 bits per heavy atom. The Morgan fingerprint density at radius 1 is 0.882 bits per heavy atom. The second-order valence-electron chi connectivity index (χ2n) is 7.55. The molecule has 4 aromatic rings. The summed E-state index contributed by atoms with van der Waals surface area (Å²) in [6.45, 7) is 0. The van der Waals surface area contributed by atoms with Crippen LogP contribution >= 0.6 is 0 Å². The molecule has 34 heavy (non-hydrogen) atoms. The third-order valence-electron chi connectivity index (χ3n) is 5.12. The highest BCUT2D eigenvalue weighted by atomic mass is 19.4. The number of hydrogen-bond acceptors (Lipinski definition) is 4. The molecule has 3 aromatic carbocycles. The molecule has 4 rings (SSSR count). The van der Waals surface area contributed by atoms with Crippen molar-refractivity contribution < 1.29 is 22.8 Å². The lowest BCUT2D eigenvalue weighted by Gasteiger charge is -2.17. The summed E-state index contributed by atoms with van der Waals surface area (Å²) in [5, 5.41) is 7.13. The average molecular weight is 464 g/mol. The van der Waals surface area contributed by atoms with Gasteiger partial charge in [0.2, 0.25) is 5.91 Å². The van der Waals surface area contributed by atoms with E-state index in [1.807, 2.05) is 42.5 Å². The molecular formula is C25H19F3N4O2. The van der Waals surface area contributed by atoms with Gasteiger partial charge >= 0.3 is 6.18 Å². The molecule has 0 unspecified atom stereocenters. The maximum Gasteiger partial charge on any atom is 0.419 e. The SMILES string of the molecule is NC(=O)c1ccccc1Nc1cc(NC(=O)Cc2ccc3ccccc3c2)ncc1C(F)(F)F. The number of nitrogens with one attached hydrogen (secondary N) is 2. The van der Waals surface area contributed by atoms with Crippen molar-refractivity contribution in [1.29, 1.82) is 0 Å². The number of anilines is 3. The molecule has 0 aliphatic rings. The molecule has 0 saturated carbocycles. The Bertz CT molecular complexity index is 1390. The van der Waals surface area contributed by atoms with E-state index in [1.165, 1.54) is 12.1 Å². The van der Waals surface area contributed by atoms with E-state index in [4.69, 9.17) is 5.73 Å². The molecule has 0 atom stereocenters. The van der Waals surface area contributed by atoms with Gasteiger partial charge in [-0.15, -0.1) is 0 Å². The summed E-state index contributed by atoms with van der Waals surface area (Å²) in [7, 11) is 0. The number of carbonyl (C=O) groups excluding carboxylic acids is 2. The van der Waals surface area contributed by atoms with Crippen molar-refractivity contribution in [2.75, 3.05) is 10.6 Å². The molecule has 9 heteroatoms. The van der Waals surface area contributed by atoms with E-state index in [0.29, 0.717) is 6.20 Å². The summed E-state index contributed by atoms with van der Waals surface area (Å²) in [4.78, 5) is 28.0. The average Bonchev–Trinajstić information content (AvgIpc) is 2.78. The van der Waals surface area contributed by atoms with Crippen LogP contribution in [-0.4, -0.2) is 16.8 Å². The number of aromatic nitrogens is 1. The van der Waals surface area contributed by atoms with Crippen molar-refractivity contribution in [3.63, 3.8) is 0 Å². The van der Waals surface area contributed by atoms with Crippen LogP contribution in [0.2, 0.25) is 0 Å². The number of amides is 2. The van der Waals surface area contributed by atoms with Gasteiger partial charge in [-0.2, -0.15) is 13.2 Å². The maximum atomic E-state index is 13.6. The van der Waals surface area contributed by atoms with Crippen LogP contribution in [0.4, 0.5) is 30.4 Å². The highest BCUT2D eigenvalue weighted by Gasteiger charge is 2.34. The highest BCUT2D eigenvalue weighted by Crippen LogP contribution is 2.37. The number of pyridine rings is 1. The standard InChI is InChI=1S/C25H19F3N4O2/c26-25(27,28)19-14-30-22(13-21(19)31-20-8-4-3-7-18(20)24(29)34)32-23(33)12-15-9-10-16-5-1-2-6-17(16)11-15/h1-11,13-14H,12H2,(H2,29,34)(H2,30,31,32,33). The number of halogens is 3. The maximum absolute atomic E-state index is 13.6. The summed E-state index contributed by atoms with van der Waals surface area (Å²) in [6, 6.07) is 20.3. The van der Waals surface area contributed by atoms with Crippen molar-refractivity contribution in [2.24, 2.45) is 5.73 Å². The number of nitrogens with two attached hydrogens (primary N) is 1. The van der Waals surface area contributed by atoms with E-state index >= 15 is 0 Å². The highest BCUT2D eigenvalue weighted by molar-refractivity contribution is 5.99. The van der Waals surface area contributed by atoms with Gasteiger partial charge in [-0.1, -0.05) is 54.6 Å². The largest absolute Gasteiger partial charge is 0.419 e. The smallest absolute Gasteiger partial charge is 0.366 e. The van der Waals surface area contributed by atoms with Gasteiger partial charge in [0.1, 0.15) is 5.82 Å². The molecule has 0 bridgehead atoms. The van der Waals surface area contributed by atoms with Crippen molar-refractivity contribution >= 4 is 39.8 Å². The zero-order valence-corrected chi connectivity index (χ0v) is 17.7. The monoisotopic (exact) mass is 464 g/mol. The number of rotatable bonds is 6. The second-order valence-corrected chi connectivity index (χ2v) is 7.55. The molecule has 0 fully saturated rings. The van der Waals surface area contributed by atoms with Crippen LogP contribution in [0.1, 0.15) is 21.5 Å². The molecule has 1 aromatic heterocycles. The van der Waals surface area contributed by atoms with Crippen molar-refractivity contribution in [2.45, 2.75) is 12.6 Å². The van der Waals surface area contributed by atoms with E-state index < -0.39 is 23.6 Å². The van der Waals surface area contributed by atoms with Crippen molar-refractivity contribution in [3.05, 3.63) is 95.7 Å². The third kappa shape index (κ3) is 5.15. The van der Waals surface area contributed by atoms with Gasteiger partial charge in [-0.3, -0.25) is 9.59 Å². The van der Waals surface area contributed by atoms with Crippen LogP contribution in [0.15, 0.2) is 79.0 Å². The lowest BCUT2D eigenvalue weighted by atomic mass is 10.0. The fraction of sp³-hybridized carbons (Fsp3) is 0.0800. The van der Waals surface area contributed by atoms with Crippen LogP contribution in [0.5, 0.6) is 0 Å². The van der Waals surface area contributed by atoms with Gasteiger partial charge in [-0.25, -0.2) is 4.98 Å². The van der Waals surface area contributed by atoms with Crippen LogP contribution in [0, 0.1) is 0 Å². The van der Waals surface area contributed by atoms with Gasteiger partial charge in [0, 0.05) is 12.3 Å². The molecule has 0 spiro atoms. The van der Waals surface area contributed by atoms with E-state index in [1.54, 1.807) is 12.1 Å². The number of primary amides is 1. The number of carbonyl (C=O) groups is 2. The molecule has 1 heterocycles. The van der Waals surface area contributed by atoms with E-state index in [9.17, 15) is 22.8 Å². The lowest BCUT2D eigenvalue weighted by Crippen LogP contribution is -2.17. The fourth-order valence-electron chi connectivity index (χ4n) is 3.53. The molecule has 2 amide bonds. The molecule has 0 aliphatic heterocycles. The lowest BCUT2D eigenvalue weighted by molar-refractivity contribution is -0.137. The molecule has 0 saturated heterocycles. The van der Waals surface area contributed by atoms with Gasteiger partial charge in [0.15, 0.2) is 0 Å². The number of nitrogens with zero attached hydrogens (tertiary/aromatic N) is 1. The summed E-state index contributed by atoms with van der Waals surface area (Å²) < 4.78 is 40.7. The Labute approximate surface area is 192 Å². The number of para-hydroxylation sites is 1. The third-order valence-corrected chi connectivity index (χ3v) is 5.12. The minimum absolute atomic E-state index is 0.0147. The first-order valence-corrected chi connectivity index (χ1v) is 10.2. The predicted molar refractivity (Wildman–Crippen MR) is 124 cm³/mol. The first kappa shape index (κ1) is 22.8. The molecule has 0 radical (unpaired) electrons. The molecule has 6 nitrogen and oxygen atoms in total. The topological polar surface area (TPSA) is 97.1 Å². The summed E-state index contributed by atoms with van der Waals surface area (Å²) in [5.41, 5.74) is 4.76. The normalized spacial score (nSPS) is 11.3. The van der Waals surface area contributed by atoms with Crippen molar-refractivity contribution in [1.82, 2.24) is 4.98 Å². The zero-order chi connectivity index (χ0) is 24.3. The molecular weight excluding hydrogens is 445 g/mol. The molecule has 0 aliphatic carbocycles. The Kier molecular flexibility index (Phi) is 6.18. The zero-order valence-electron chi connectivity index (χ0n) is 17.7. The van der Waals surface area contributed by atoms with E-state index in [-0.39, 0.29) is 29.2 Å². The van der Waals surface area contributed by atoms with Crippen LogP contribution in [0.3, 0.4) is 0 Å². The molecule has 4 N–H and O–H groups in total. The van der Waals surface area contributed by atoms with Crippen LogP contribution in [-0.2, 0) is 17.4 Å². The number of fused-ring (bicyclic) bond motifs is 1. The number of alkyl halides is 3. The predicted octanol–water partition coefficient (Wildman–Crippen LogP) is 5.28. The fourth-order valence-corrected chi connectivity index (χ4v) is 3.53. The number of hydrogen-bond donors (Lipinski definition) is 3.